The van der Waals surface area contributed by atoms with E-state index in [2.05, 4.69) is 54.8 Å². The number of hydrogen-bond donors (Lipinski definition) is 2. The lowest BCUT2D eigenvalue weighted by molar-refractivity contribution is 0.101. The number of rotatable bonds is 2. The third-order valence-corrected chi connectivity index (χ3v) is 5.71. The molecule has 3 aliphatic rings. The second-order valence-corrected chi connectivity index (χ2v) is 7.25. The van der Waals surface area contributed by atoms with Gasteiger partial charge in [0.1, 0.15) is 0 Å². The molecule has 21 heavy (non-hydrogen) atoms. The molecule has 3 rings (SSSR count). The third-order valence-electron chi connectivity index (χ3n) is 5.71. The molecule has 1 heterocycles. The fraction of sp³-hybridized carbons (Fsp3) is 0.706. The first-order chi connectivity index (χ1) is 9.96. The van der Waals surface area contributed by atoms with Crippen molar-refractivity contribution in [3.63, 3.8) is 0 Å². The Morgan fingerprint density at radius 1 is 1.24 bits per heavy atom. The van der Waals surface area contributed by atoms with Crippen LogP contribution in [0.25, 0.3) is 0 Å². The van der Waals surface area contributed by atoms with E-state index in [1.807, 2.05) is 0 Å². The lowest BCUT2D eigenvalue weighted by Gasteiger charge is -2.49. The highest BCUT2D eigenvalue weighted by atomic mass is 16.2. The van der Waals surface area contributed by atoms with E-state index in [0.29, 0.717) is 5.92 Å². The second-order valence-electron chi connectivity index (χ2n) is 7.25. The number of nitrogens with zero attached hydrogens (tertiary/aromatic N) is 1. The molecule has 116 valence electrons. The number of allylic oxidation sites excluding steroid dienone is 2. The highest BCUT2D eigenvalue weighted by molar-refractivity contribution is 5.77. The zero-order valence-electron chi connectivity index (χ0n) is 13.4. The summed E-state index contributed by atoms with van der Waals surface area (Å²) >= 11 is 0. The number of nitrogens with one attached hydrogen (secondary N) is 2. The van der Waals surface area contributed by atoms with Crippen LogP contribution in [-0.2, 0) is 0 Å². The fourth-order valence-electron chi connectivity index (χ4n) is 4.09. The summed E-state index contributed by atoms with van der Waals surface area (Å²) in [6.07, 6.45) is 12.5. The van der Waals surface area contributed by atoms with Gasteiger partial charge in [-0.05, 0) is 57.7 Å². The highest BCUT2D eigenvalue weighted by Crippen LogP contribution is 2.44. The van der Waals surface area contributed by atoms with Crippen LogP contribution < -0.4 is 10.6 Å². The van der Waals surface area contributed by atoms with Gasteiger partial charge in [0.25, 0.3) is 0 Å². The number of amides is 2. The van der Waals surface area contributed by atoms with Crippen molar-refractivity contribution in [2.75, 3.05) is 20.6 Å². The molecule has 0 aromatic carbocycles. The van der Waals surface area contributed by atoms with Gasteiger partial charge in [-0.15, -0.1) is 0 Å². The van der Waals surface area contributed by atoms with Crippen LogP contribution in [0, 0.1) is 5.92 Å². The Kier molecular flexibility index (Phi) is 3.60. The molecule has 1 saturated heterocycles. The molecule has 1 saturated carbocycles. The van der Waals surface area contributed by atoms with Crippen LogP contribution in [0.2, 0.25) is 0 Å². The fourth-order valence-corrected chi connectivity index (χ4v) is 4.09. The smallest absolute Gasteiger partial charge is 0.315 e. The number of likely N-dealkylation sites (N-methyl/N-ethyl adjacent to an activating group) is 1. The number of carbonyl (C=O) groups is 1. The van der Waals surface area contributed by atoms with Crippen molar-refractivity contribution in [3.8, 4) is 0 Å². The van der Waals surface area contributed by atoms with Gasteiger partial charge >= 0.3 is 6.03 Å². The van der Waals surface area contributed by atoms with E-state index in [0.717, 1.165) is 38.6 Å². The highest BCUT2D eigenvalue weighted by Gasteiger charge is 2.48. The van der Waals surface area contributed by atoms with E-state index in [9.17, 15) is 4.79 Å². The molecule has 1 atom stereocenters. The molecular weight excluding hydrogens is 262 g/mol. The van der Waals surface area contributed by atoms with Crippen LogP contribution in [0.4, 0.5) is 4.79 Å². The minimum atomic E-state index is -0.0111. The molecule has 1 spiro atoms. The van der Waals surface area contributed by atoms with Gasteiger partial charge in [0.15, 0.2) is 0 Å². The van der Waals surface area contributed by atoms with E-state index in [4.69, 9.17) is 0 Å². The number of carbonyl (C=O) groups excluding carboxylic acids is 1. The SMILES string of the molecule is CC1C=CC(C2(N(C)C)CCC3(CC2)CNC(=O)N3)=CC1. The van der Waals surface area contributed by atoms with Crippen LogP contribution in [0.3, 0.4) is 0 Å². The van der Waals surface area contributed by atoms with Crippen LogP contribution in [0.1, 0.15) is 39.0 Å². The molecular formula is C17H27N3O. The summed E-state index contributed by atoms with van der Waals surface area (Å²) in [7, 11) is 4.38. The normalized spacial score (nSPS) is 39.3. The molecule has 2 amide bonds. The van der Waals surface area contributed by atoms with Crippen molar-refractivity contribution < 1.29 is 4.79 Å². The van der Waals surface area contributed by atoms with Crippen LogP contribution in [0.15, 0.2) is 23.8 Å². The summed E-state index contributed by atoms with van der Waals surface area (Å²) < 4.78 is 0. The van der Waals surface area contributed by atoms with Gasteiger partial charge in [-0.25, -0.2) is 4.79 Å². The molecule has 0 bridgehead atoms. The Labute approximate surface area is 127 Å². The van der Waals surface area contributed by atoms with Crippen molar-refractivity contribution in [1.82, 2.24) is 15.5 Å². The van der Waals surface area contributed by atoms with Crippen molar-refractivity contribution >= 4 is 6.03 Å². The Morgan fingerprint density at radius 3 is 2.43 bits per heavy atom. The van der Waals surface area contributed by atoms with Gasteiger partial charge in [0.05, 0.1) is 5.54 Å². The Morgan fingerprint density at radius 2 is 1.95 bits per heavy atom. The molecule has 4 nitrogen and oxygen atoms in total. The Balaban J connectivity index is 1.79. The first-order valence-electron chi connectivity index (χ1n) is 8.08. The quantitative estimate of drug-likeness (QED) is 0.820. The molecule has 2 aliphatic carbocycles. The Hall–Kier alpha value is -1.29. The molecule has 1 unspecified atom stereocenters. The lowest BCUT2D eigenvalue weighted by Crippen LogP contribution is -2.56. The minimum Gasteiger partial charge on any atom is -0.336 e. The summed E-state index contributed by atoms with van der Waals surface area (Å²) in [6.45, 7) is 3.04. The topological polar surface area (TPSA) is 44.4 Å². The van der Waals surface area contributed by atoms with Crippen molar-refractivity contribution in [2.24, 2.45) is 5.92 Å². The molecule has 0 aromatic heterocycles. The van der Waals surface area contributed by atoms with Gasteiger partial charge in [-0.3, -0.25) is 4.90 Å². The predicted octanol–water partition coefficient (Wildman–Crippen LogP) is 2.43. The number of urea groups is 1. The average molecular weight is 289 g/mol. The Bertz CT molecular complexity index is 484. The summed E-state index contributed by atoms with van der Waals surface area (Å²) in [5.41, 5.74) is 1.59. The maximum Gasteiger partial charge on any atom is 0.315 e. The van der Waals surface area contributed by atoms with Crippen molar-refractivity contribution in [2.45, 2.75) is 50.1 Å². The van der Waals surface area contributed by atoms with Gasteiger partial charge in [-0.1, -0.05) is 25.2 Å². The van der Waals surface area contributed by atoms with Gasteiger partial charge < -0.3 is 10.6 Å². The van der Waals surface area contributed by atoms with Crippen molar-refractivity contribution in [3.05, 3.63) is 23.8 Å². The molecule has 2 fully saturated rings. The number of hydrogen-bond acceptors (Lipinski definition) is 2. The molecule has 4 heteroatoms. The summed E-state index contributed by atoms with van der Waals surface area (Å²) in [6, 6.07) is -0.00189. The van der Waals surface area contributed by atoms with Crippen LogP contribution in [0.5, 0.6) is 0 Å². The lowest BCUT2D eigenvalue weighted by atomic mass is 9.67. The van der Waals surface area contributed by atoms with E-state index in [1.54, 1.807) is 0 Å². The van der Waals surface area contributed by atoms with Gasteiger partial charge in [-0.2, -0.15) is 0 Å². The summed E-state index contributed by atoms with van der Waals surface area (Å²) in [5, 5.41) is 6.08. The van der Waals surface area contributed by atoms with Gasteiger partial charge in [0.2, 0.25) is 0 Å². The standard InChI is InChI=1S/C17H27N3O/c1-13-4-6-14(7-5-13)17(20(2)3)10-8-16(9-11-17)12-18-15(21)19-16/h4,6-7,13H,5,8-12H2,1-3H3,(H2,18,19,21). The maximum atomic E-state index is 11.5. The van der Waals surface area contributed by atoms with E-state index >= 15 is 0 Å². The van der Waals surface area contributed by atoms with Crippen molar-refractivity contribution in [1.29, 1.82) is 0 Å². The molecule has 0 radical (unpaired) electrons. The molecule has 2 N–H and O–H groups in total. The maximum absolute atomic E-state index is 11.5. The van der Waals surface area contributed by atoms with E-state index in [-0.39, 0.29) is 17.1 Å². The second kappa shape index (κ2) is 5.16. The first-order valence-corrected chi connectivity index (χ1v) is 8.08. The van der Waals surface area contributed by atoms with Crippen LogP contribution >= 0.6 is 0 Å². The predicted molar refractivity (Wildman–Crippen MR) is 85.2 cm³/mol. The van der Waals surface area contributed by atoms with Crippen LogP contribution in [-0.4, -0.2) is 42.6 Å². The third kappa shape index (κ3) is 2.50. The molecule has 1 aliphatic heterocycles. The first kappa shape index (κ1) is 14.6. The zero-order chi connectivity index (χ0) is 15.1. The largest absolute Gasteiger partial charge is 0.336 e. The summed E-state index contributed by atoms with van der Waals surface area (Å²) in [4.78, 5) is 13.9. The monoisotopic (exact) mass is 289 g/mol. The minimum absolute atomic E-state index is 0.00189. The molecule has 0 aromatic rings. The zero-order valence-corrected chi connectivity index (χ0v) is 13.4. The van der Waals surface area contributed by atoms with Gasteiger partial charge in [0, 0.05) is 12.1 Å². The van der Waals surface area contributed by atoms with E-state index in [1.165, 1.54) is 5.57 Å². The van der Waals surface area contributed by atoms with E-state index < -0.39 is 0 Å². The average Bonchev–Trinajstić information content (AvgIpc) is 2.82. The summed E-state index contributed by atoms with van der Waals surface area (Å²) in [5.74, 6) is 0.654.